The number of halogens is 1. The highest BCUT2D eigenvalue weighted by Gasteiger charge is 1.83. The fraction of sp³-hybridized carbons (Fsp3) is 0.500. The van der Waals surface area contributed by atoms with E-state index in [0.29, 0.717) is 0 Å². The molecule has 0 saturated carbocycles. The van der Waals surface area contributed by atoms with E-state index in [1.54, 1.807) is 0 Å². The zero-order valence-electron chi connectivity index (χ0n) is 4.80. The summed E-state index contributed by atoms with van der Waals surface area (Å²) in [5, 5.41) is 15.0. The molecule has 0 amide bonds. The second kappa shape index (κ2) is 7.23. The number of rotatable bonds is 1. The summed E-state index contributed by atoms with van der Waals surface area (Å²) in [6.45, 7) is 1.08. The van der Waals surface area contributed by atoms with Gasteiger partial charge >= 0.3 is 5.97 Å². The van der Waals surface area contributed by atoms with E-state index in [9.17, 15) is 4.79 Å². The number of carboxylic acid groups (broad SMARTS) is 2. The van der Waals surface area contributed by atoms with Crippen molar-refractivity contribution in [3.8, 4) is 0 Å². The largest absolute Gasteiger partial charge is 0.481 e. The van der Waals surface area contributed by atoms with Crippen LogP contribution in [0.4, 0.5) is 0 Å². The molecule has 5 heteroatoms. The van der Waals surface area contributed by atoms with Gasteiger partial charge in [-0.15, -0.1) is 11.6 Å². The van der Waals surface area contributed by atoms with Crippen LogP contribution in [0.1, 0.15) is 6.92 Å². The Kier molecular flexibility index (Phi) is 8.90. The highest BCUT2D eigenvalue weighted by atomic mass is 35.5. The van der Waals surface area contributed by atoms with Crippen molar-refractivity contribution in [1.29, 1.82) is 0 Å². The topological polar surface area (TPSA) is 74.6 Å². The van der Waals surface area contributed by atoms with Gasteiger partial charge in [0.1, 0.15) is 5.88 Å². The van der Waals surface area contributed by atoms with Crippen LogP contribution in [-0.2, 0) is 9.59 Å². The summed E-state index contributed by atoms with van der Waals surface area (Å²) in [7, 11) is 0. The van der Waals surface area contributed by atoms with Gasteiger partial charge in [0.2, 0.25) is 0 Å². The monoisotopic (exact) mass is 154 g/mol. The van der Waals surface area contributed by atoms with Crippen LogP contribution in [0.25, 0.3) is 0 Å². The SMILES string of the molecule is CC(=O)O.O=C(O)CCl. The Morgan fingerprint density at radius 2 is 1.56 bits per heavy atom. The number of aliphatic carboxylic acids is 2. The third-order valence-corrected chi connectivity index (χ3v) is 0.343. The van der Waals surface area contributed by atoms with E-state index in [-0.39, 0.29) is 5.88 Å². The summed E-state index contributed by atoms with van der Waals surface area (Å²) < 4.78 is 0. The summed E-state index contributed by atoms with van der Waals surface area (Å²) in [5.41, 5.74) is 0. The second-order valence-corrected chi connectivity index (χ2v) is 1.31. The Hall–Kier alpha value is -0.770. The maximum atomic E-state index is 9.24. The van der Waals surface area contributed by atoms with Gasteiger partial charge in [-0.05, 0) is 0 Å². The molecule has 0 saturated heterocycles. The molecule has 0 rings (SSSR count). The van der Waals surface area contributed by atoms with E-state index in [4.69, 9.17) is 26.6 Å². The molecule has 0 fully saturated rings. The molecule has 9 heavy (non-hydrogen) atoms. The van der Waals surface area contributed by atoms with Crippen molar-refractivity contribution >= 4 is 23.5 Å². The first-order valence-electron chi connectivity index (χ1n) is 1.98. The second-order valence-electron chi connectivity index (χ2n) is 1.05. The summed E-state index contributed by atoms with van der Waals surface area (Å²) in [4.78, 5) is 18.2. The lowest BCUT2D eigenvalue weighted by molar-refractivity contribution is -0.135. The minimum Gasteiger partial charge on any atom is -0.481 e. The number of carboxylic acids is 2. The predicted octanol–water partition coefficient (Wildman–Crippen LogP) is 0.401. The fourth-order valence-electron chi connectivity index (χ4n) is 0. The molecular formula is C4H7ClO4. The number of hydrogen-bond donors (Lipinski definition) is 2. The van der Waals surface area contributed by atoms with Crippen molar-refractivity contribution in [3.05, 3.63) is 0 Å². The van der Waals surface area contributed by atoms with Crippen molar-refractivity contribution < 1.29 is 19.8 Å². The number of carbonyl (C=O) groups is 2. The first kappa shape index (κ1) is 11.1. The van der Waals surface area contributed by atoms with Crippen LogP contribution >= 0.6 is 11.6 Å². The summed E-state index contributed by atoms with van der Waals surface area (Å²) in [5.74, 6) is -2.12. The van der Waals surface area contributed by atoms with E-state index < -0.39 is 11.9 Å². The van der Waals surface area contributed by atoms with Crippen LogP contribution < -0.4 is 0 Å². The summed E-state index contributed by atoms with van der Waals surface area (Å²) in [6.07, 6.45) is 0. The Labute approximate surface area is 57.1 Å². The molecule has 0 aliphatic rings. The third kappa shape index (κ3) is 131. The van der Waals surface area contributed by atoms with E-state index >= 15 is 0 Å². The summed E-state index contributed by atoms with van der Waals surface area (Å²) in [6, 6.07) is 0. The van der Waals surface area contributed by atoms with Gasteiger partial charge in [-0.1, -0.05) is 0 Å². The van der Waals surface area contributed by atoms with Crippen molar-refractivity contribution in [2.75, 3.05) is 5.88 Å². The van der Waals surface area contributed by atoms with Crippen LogP contribution in [0.3, 0.4) is 0 Å². The average molecular weight is 155 g/mol. The van der Waals surface area contributed by atoms with Gasteiger partial charge in [-0.2, -0.15) is 0 Å². The molecule has 0 spiro atoms. The van der Waals surface area contributed by atoms with Gasteiger partial charge in [0.25, 0.3) is 5.97 Å². The lowest BCUT2D eigenvalue weighted by Gasteiger charge is -1.69. The smallest absolute Gasteiger partial charge is 0.318 e. The van der Waals surface area contributed by atoms with Gasteiger partial charge < -0.3 is 10.2 Å². The van der Waals surface area contributed by atoms with Crippen LogP contribution in [0, 0.1) is 0 Å². The molecule has 0 radical (unpaired) electrons. The maximum Gasteiger partial charge on any atom is 0.318 e. The molecule has 2 N–H and O–H groups in total. The molecule has 0 aliphatic heterocycles. The summed E-state index contributed by atoms with van der Waals surface area (Å²) >= 11 is 4.74. The Bertz CT molecular complexity index is 96.7. The third-order valence-electron chi connectivity index (χ3n) is 0.114. The van der Waals surface area contributed by atoms with Crippen molar-refractivity contribution in [1.82, 2.24) is 0 Å². The quantitative estimate of drug-likeness (QED) is 0.536. The van der Waals surface area contributed by atoms with Crippen LogP contribution in [0.15, 0.2) is 0 Å². The van der Waals surface area contributed by atoms with E-state index in [1.165, 1.54) is 0 Å². The number of alkyl halides is 1. The van der Waals surface area contributed by atoms with Gasteiger partial charge in [-0.3, -0.25) is 9.59 Å². The molecule has 0 unspecified atom stereocenters. The molecule has 0 bridgehead atoms. The molecule has 0 aromatic carbocycles. The minimum absolute atomic E-state index is 0.306. The lowest BCUT2D eigenvalue weighted by Crippen LogP contribution is -1.92. The Balaban J connectivity index is 0. The zero-order chi connectivity index (χ0) is 7.86. The number of hydrogen-bond acceptors (Lipinski definition) is 2. The Morgan fingerprint density at radius 3 is 1.56 bits per heavy atom. The van der Waals surface area contributed by atoms with E-state index in [2.05, 4.69) is 0 Å². The molecule has 0 aromatic heterocycles. The average Bonchev–Trinajstić information content (AvgIpc) is 1.65. The van der Waals surface area contributed by atoms with Gasteiger partial charge in [0.15, 0.2) is 0 Å². The fourth-order valence-corrected chi connectivity index (χ4v) is 0. The zero-order valence-corrected chi connectivity index (χ0v) is 5.55. The highest BCUT2D eigenvalue weighted by molar-refractivity contribution is 6.26. The standard InChI is InChI=1S/C2H3ClO2.C2H4O2/c3-1-2(4)5;1-2(3)4/h1H2,(H,4,5);1H3,(H,3,4). The molecule has 4 nitrogen and oxygen atoms in total. The molecule has 0 aromatic rings. The molecule has 54 valence electrons. The molecule has 0 aliphatic carbocycles. The molecule has 0 heterocycles. The first-order chi connectivity index (χ1) is 4.00. The normalized spacial score (nSPS) is 6.89. The highest BCUT2D eigenvalue weighted by Crippen LogP contribution is 1.67. The van der Waals surface area contributed by atoms with Crippen LogP contribution in [0.2, 0.25) is 0 Å². The maximum absolute atomic E-state index is 9.24. The Morgan fingerprint density at radius 1 is 1.44 bits per heavy atom. The first-order valence-corrected chi connectivity index (χ1v) is 2.51. The van der Waals surface area contributed by atoms with Crippen LogP contribution in [0.5, 0.6) is 0 Å². The molecule has 0 atom stereocenters. The van der Waals surface area contributed by atoms with Gasteiger partial charge in [-0.25, -0.2) is 0 Å². The van der Waals surface area contributed by atoms with E-state index in [1.807, 2.05) is 0 Å². The van der Waals surface area contributed by atoms with Crippen molar-refractivity contribution in [2.24, 2.45) is 0 Å². The van der Waals surface area contributed by atoms with Gasteiger partial charge in [0, 0.05) is 6.92 Å². The predicted molar refractivity (Wildman–Crippen MR) is 31.7 cm³/mol. The lowest BCUT2D eigenvalue weighted by atomic mass is 10.8. The van der Waals surface area contributed by atoms with Crippen LogP contribution in [-0.4, -0.2) is 28.0 Å². The molecular weight excluding hydrogens is 147 g/mol. The minimum atomic E-state index is -0.980. The van der Waals surface area contributed by atoms with Crippen molar-refractivity contribution in [3.63, 3.8) is 0 Å². The van der Waals surface area contributed by atoms with Crippen molar-refractivity contribution in [2.45, 2.75) is 6.92 Å². The van der Waals surface area contributed by atoms with E-state index in [0.717, 1.165) is 6.92 Å². The van der Waals surface area contributed by atoms with Gasteiger partial charge in [0.05, 0.1) is 0 Å².